The number of nitrogens with zero attached hydrogens (tertiary/aromatic N) is 2. The summed E-state index contributed by atoms with van der Waals surface area (Å²) in [5.74, 6) is -1.09. The molecule has 0 radical (unpaired) electrons. The third-order valence-electron chi connectivity index (χ3n) is 4.63. The number of benzene rings is 2. The highest BCUT2D eigenvalue weighted by Gasteiger charge is 2.35. The Kier molecular flexibility index (Phi) is 7.82. The first kappa shape index (κ1) is 24.7. The fourth-order valence-corrected chi connectivity index (χ4v) is 2.93. The first-order valence-corrected chi connectivity index (χ1v) is 10.00. The number of hydrogen-bond acceptors (Lipinski definition) is 7. The minimum absolute atomic E-state index is 0.0774. The van der Waals surface area contributed by atoms with E-state index in [9.17, 15) is 18.0 Å². The smallest absolute Gasteiger partial charge is 0.371 e. The van der Waals surface area contributed by atoms with E-state index in [2.05, 4.69) is 32.5 Å². The van der Waals surface area contributed by atoms with Crippen LogP contribution in [0.15, 0.2) is 61.3 Å². The van der Waals surface area contributed by atoms with E-state index in [0.29, 0.717) is 11.9 Å². The number of nitrogens with one attached hydrogen (secondary N) is 3. The number of ether oxygens (including phenoxy) is 1. The number of aryl methyl sites for hydroxylation is 1. The van der Waals surface area contributed by atoms with Crippen LogP contribution in [0.5, 0.6) is 0 Å². The number of para-hydroxylation sites is 2. The average Bonchev–Trinajstić information content (AvgIpc) is 2.80. The molecule has 0 aliphatic carbocycles. The summed E-state index contributed by atoms with van der Waals surface area (Å²) in [7, 11) is 0. The number of rotatable bonds is 9. The Labute approximate surface area is 193 Å². The monoisotopic (exact) mass is 473 g/mol. The van der Waals surface area contributed by atoms with Gasteiger partial charge >= 0.3 is 6.18 Å². The van der Waals surface area contributed by atoms with Crippen LogP contribution in [0, 0.1) is 6.92 Å². The molecule has 4 N–H and O–H groups in total. The van der Waals surface area contributed by atoms with Crippen LogP contribution < -0.4 is 16.0 Å². The van der Waals surface area contributed by atoms with E-state index in [-0.39, 0.29) is 23.9 Å². The first-order chi connectivity index (χ1) is 16.2. The Hall–Kier alpha value is -3.96. The zero-order chi connectivity index (χ0) is 24.7. The second-order valence-electron chi connectivity index (χ2n) is 7.07. The van der Waals surface area contributed by atoms with E-state index in [1.807, 2.05) is 0 Å². The summed E-state index contributed by atoms with van der Waals surface area (Å²) in [5.41, 5.74) is 1.46. The molecule has 8 nitrogen and oxygen atoms in total. The standard InChI is InChI=1S/C23H22F3N5O3/c1-3-20(33)28-17-6-4-5-7-18(17)29-21-16(23(24,25)26)11-27-22(31-21)30-19-10-15(12-34-13-32)9-8-14(19)2/h3-11,32H,1,12-13H2,2H3,(H,28,33)(H2,27,29,30,31). The number of halogens is 3. The third-order valence-corrected chi connectivity index (χ3v) is 4.63. The van der Waals surface area contributed by atoms with Gasteiger partial charge in [0.2, 0.25) is 11.9 Å². The van der Waals surface area contributed by atoms with Gasteiger partial charge in [0.1, 0.15) is 18.2 Å². The van der Waals surface area contributed by atoms with Crippen LogP contribution in [0.25, 0.3) is 0 Å². The molecule has 3 rings (SSSR count). The van der Waals surface area contributed by atoms with Crippen molar-refractivity contribution in [1.29, 1.82) is 0 Å². The summed E-state index contributed by atoms with van der Waals surface area (Å²) in [6, 6.07) is 11.6. The fraction of sp³-hybridized carbons (Fsp3) is 0.174. The largest absolute Gasteiger partial charge is 0.421 e. The van der Waals surface area contributed by atoms with Crippen molar-refractivity contribution in [1.82, 2.24) is 9.97 Å². The predicted molar refractivity (Wildman–Crippen MR) is 122 cm³/mol. The molecule has 178 valence electrons. The molecule has 0 saturated carbocycles. The van der Waals surface area contributed by atoms with Crippen LogP contribution in [0.1, 0.15) is 16.7 Å². The van der Waals surface area contributed by atoms with Crippen molar-refractivity contribution in [2.75, 3.05) is 22.7 Å². The average molecular weight is 473 g/mol. The summed E-state index contributed by atoms with van der Waals surface area (Å²) in [6.07, 6.45) is -3.00. The summed E-state index contributed by atoms with van der Waals surface area (Å²) in [5, 5.41) is 16.9. The lowest BCUT2D eigenvalue weighted by atomic mass is 10.1. The highest BCUT2D eigenvalue weighted by molar-refractivity contribution is 6.01. The predicted octanol–water partition coefficient (Wildman–Crippen LogP) is 4.88. The maximum atomic E-state index is 13.7. The first-order valence-electron chi connectivity index (χ1n) is 10.00. The number of aliphatic hydroxyl groups excluding tert-OH is 1. The topological polar surface area (TPSA) is 108 Å². The molecule has 0 bridgehead atoms. The van der Waals surface area contributed by atoms with E-state index in [1.165, 1.54) is 12.1 Å². The van der Waals surface area contributed by atoms with Gasteiger partial charge in [0, 0.05) is 11.9 Å². The number of anilines is 5. The van der Waals surface area contributed by atoms with Gasteiger partial charge in [0.25, 0.3) is 0 Å². The van der Waals surface area contributed by atoms with Crippen LogP contribution in [-0.4, -0.2) is 27.8 Å². The molecule has 0 fully saturated rings. The van der Waals surface area contributed by atoms with E-state index in [0.717, 1.165) is 17.2 Å². The summed E-state index contributed by atoms with van der Waals surface area (Å²) in [6.45, 7) is 4.88. The Bertz CT molecular complexity index is 1180. The SMILES string of the molecule is C=CC(=O)Nc1ccccc1Nc1nc(Nc2cc(COCO)ccc2C)ncc1C(F)(F)F. The van der Waals surface area contributed by atoms with Gasteiger partial charge in [-0.25, -0.2) is 4.98 Å². The number of alkyl halides is 3. The van der Waals surface area contributed by atoms with Crippen molar-refractivity contribution in [3.8, 4) is 0 Å². The third kappa shape index (κ3) is 6.30. The minimum Gasteiger partial charge on any atom is -0.371 e. The van der Waals surface area contributed by atoms with Gasteiger partial charge in [-0.1, -0.05) is 30.8 Å². The number of aliphatic hydroxyl groups is 1. The van der Waals surface area contributed by atoms with Crippen LogP contribution in [-0.2, 0) is 22.3 Å². The van der Waals surface area contributed by atoms with Crippen LogP contribution >= 0.6 is 0 Å². The van der Waals surface area contributed by atoms with E-state index in [4.69, 9.17) is 9.84 Å². The highest BCUT2D eigenvalue weighted by atomic mass is 19.4. The molecular formula is C23H22F3N5O3. The number of carbonyl (C=O) groups is 1. The van der Waals surface area contributed by atoms with Crippen molar-refractivity contribution in [3.05, 3.63) is 78.0 Å². The summed E-state index contributed by atoms with van der Waals surface area (Å²) in [4.78, 5) is 19.6. The lowest BCUT2D eigenvalue weighted by molar-refractivity contribution is -0.137. The molecule has 0 aliphatic heterocycles. The Morgan fingerprint density at radius 2 is 1.88 bits per heavy atom. The molecule has 2 aromatic carbocycles. The normalized spacial score (nSPS) is 11.1. The molecule has 1 amide bonds. The quantitative estimate of drug-likeness (QED) is 0.259. The number of carbonyl (C=O) groups excluding carboxylic acids is 1. The van der Waals surface area contributed by atoms with Gasteiger partial charge in [0.05, 0.1) is 18.0 Å². The van der Waals surface area contributed by atoms with Crippen molar-refractivity contribution in [2.24, 2.45) is 0 Å². The zero-order valence-corrected chi connectivity index (χ0v) is 18.1. The van der Waals surface area contributed by atoms with Crippen molar-refractivity contribution < 1.29 is 27.8 Å². The van der Waals surface area contributed by atoms with Crippen LogP contribution in [0.2, 0.25) is 0 Å². The fourth-order valence-electron chi connectivity index (χ4n) is 2.93. The number of hydrogen-bond donors (Lipinski definition) is 4. The van der Waals surface area contributed by atoms with E-state index in [1.54, 1.807) is 37.3 Å². The van der Waals surface area contributed by atoms with Gasteiger partial charge in [-0.3, -0.25) is 4.79 Å². The van der Waals surface area contributed by atoms with Crippen molar-refractivity contribution in [2.45, 2.75) is 19.7 Å². The Morgan fingerprint density at radius 1 is 1.15 bits per heavy atom. The lowest BCUT2D eigenvalue weighted by Gasteiger charge is -2.17. The second kappa shape index (κ2) is 10.8. The molecule has 0 aliphatic rings. The zero-order valence-electron chi connectivity index (χ0n) is 18.1. The van der Waals surface area contributed by atoms with E-state index >= 15 is 0 Å². The molecular weight excluding hydrogens is 451 g/mol. The van der Waals surface area contributed by atoms with Gasteiger partial charge in [-0.2, -0.15) is 18.2 Å². The molecule has 1 aromatic heterocycles. The van der Waals surface area contributed by atoms with Crippen LogP contribution in [0.4, 0.5) is 42.0 Å². The van der Waals surface area contributed by atoms with Gasteiger partial charge in [-0.05, 0) is 42.3 Å². The molecule has 3 aromatic rings. The Balaban J connectivity index is 1.96. The second-order valence-corrected chi connectivity index (χ2v) is 7.07. The van der Waals surface area contributed by atoms with Gasteiger partial charge < -0.3 is 25.8 Å². The van der Waals surface area contributed by atoms with E-state index < -0.39 is 30.3 Å². The highest BCUT2D eigenvalue weighted by Crippen LogP contribution is 2.36. The molecule has 0 saturated heterocycles. The number of amides is 1. The number of aromatic nitrogens is 2. The summed E-state index contributed by atoms with van der Waals surface area (Å²) < 4.78 is 45.9. The molecule has 0 unspecified atom stereocenters. The lowest BCUT2D eigenvalue weighted by Crippen LogP contribution is -2.14. The molecule has 0 spiro atoms. The maximum Gasteiger partial charge on any atom is 0.421 e. The van der Waals surface area contributed by atoms with Crippen molar-refractivity contribution in [3.63, 3.8) is 0 Å². The minimum atomic E-state index is -4.72. The molecule has 34 heavy (non-hydrogen) atoms. The van der Waals surface area contributed by atoms with Crippen molar-refractivity contribution >= 4 is 34.7 Å². The van der Waals surface area contributed by atoms with Gasteiger partial charge in [-0.15, -0.1) is 0 Å². The van der Waals surface area contributed by atoms with Crippen LogP contribution in [0.3, 0.4) is 0 Å². The molecule has 0 atom stereocenters. The molecule has 1 heterocycles. The Morgan fingerprint density at radius 3 is 2.56 bits per heavy atom. The molecule has 11 heteroatoms. The maximum absolute atomic E-state index is 13.7. The summed E-state index contributed by atoms with van der Waals surface area (Å²) >= 11 is 0. The van der Waals surface area contributed by atoms with Gasteiger partial charge in [0.15, 0.2) is 0 Å².